The molecule has 60 heavy (non-hydrogen) atoms. The topological polar surface area (TPSA) is 21.9 Å². The number of para-hydroxylation sites is 1. The molecule has 0 radical (unpaired) electrons. The van der Waals surface area contributed by atoms with Crippen molar-refractivity contribution in [3.8, 4) is 67.5 Å². The molecule has 1 spiro atoms. The number of hydrogen-bond donors (Lipinski definition) is 0. The van der Waals surface area contributed by atoms with E-state index in [1.165, 1.54) is 44.5 Å². The minimum atomic E-state index is -1.05. The first-order valence-electron chi connectivity index (χ1n) is 22.3. The minimum Gasteiger partial charge on any atom is -0.392 e. The first-order valence-corrected chi connectivity index (χ1v) is 21.3. The molecule has 0 N–H and O–H groups in total. The van der Waals surface area contributed by atoms with Gasteiger partial charge >= 0.3 is 11.7 Å². The molecule has 1 unspecified atom stereocenters. The molecule has 0 fully saturated rings. The van der Waals surface area contributed by atoms with E-state index in [1.54, 1.807) is 0 Å². The van der Waals surface area contributed by atoms with E-state index in [0.717, 1.165) is 72.9 Å². The van der Waals surface area contributed by atoms with Crippen molar-refractivity contribution in [2.24, 2.45) is 0 Å². The van der Waals surface area contributed by atoms with Crippen molar-refractivity contribution in [3.63, 3.8) is 0 Å². The smallest absolute Gasteiger partial charge is 0.392 e. The number of aryl methyl sites for hydroxylation is 3. The number of fused-ring (bicyclic) bond motifs is 5. The Balaban J connectivity index is 1.24. The number of benzene rings is 6. The molecule has 3 aliphatic rings. The monoisotopic (exact) mass is 785 g/mol. The van der Waals surface area contributed by atoms with Crippen LogP contribution in [0.25, 0.3) is 72.7 Å². The van der Waals surface area contributed by atoms with Gasteiger partial charge in [-0.2, -0.15) is 4.57 Å². The Morgan fingerprint density at radius 3 is 2.00 bits per heavy atom. The van der Waals surface area contributed by atoms with E-state index in [0.29, 0.717) is 0 Å². The summed E-state index contributed by atoms with van der Waals surface area (Å²) in [5.41, 5.74) is 21.0. The van der Waals surface area contributed by atoms with Crippen LogP contribution < -0.4 is 13.9 Å². The van der Waals surface area contributed by atoms with Crippen LogP contribution in [0.15, 0.2) is 128 Å². The third-order valence-corrected chi connectivity index (χ3v) is 13.2. The summed E-state index contributed by atoms with van der Waals surface area (Å²) in [5, 5.41) is 0. The highest BCUT2D eigenvalue weighted by Gasteiger charge is 2.68. The molecule has 296 valence electrons. The van der Waals surface area contributed by atoms with Crippen molar-refractivity contribution >= 4 is 11.0 Å². The molecule has 0 saturated heterocycles. The molecule has 0 saturated carbocycles. The Labute approximate surface area is 357 Å². The van der Waals surface area contributed by atoms with Gasteiger partial charge in [-0.1, -0.05) is 121 Å². The lowest BCUT2D eigenvalue weighted by atomic mass is 9.80. The fourth-order valence-electron chi connectivity index (χ4n) is 10.4. The fraction of sp³-hybridized carbons (Fsp3) is 0.250. The summed E-state index contributed by atoms with van der Waals surface area (Å²) in [4.78, 5) is 0. The van der Waals surface area contributed by atoms with Gasteiger partial charge in [0, 0.05) is 26.0 Å². The van der Waals surface area contributed by atoms with Crippen molar-refractivity contribution in [3.05, 3.63) is 166 Å². The maximum atomic E-state index is 9.14. The molecule has 0 bridgehead atoms. The lowest BCUT2D eigenvalue weighted by Gasteiger charge is -2.33. The number of rotatable bonds is 5. The summed E-state index contributed by atoms with van der Waals surface area (Å²) in [6.45, 7) is 21.1. The Morgan fingerprint density at radius 2 is 1.32 bits per heavy atom. The summed E-state index contributed by atoms with van der Waals surface area (Å²) in [6, 6.07) is 44.5. The first-order chi connectivity index (χ1) is 29.4. The average Bonchev–Trinajstić information content (AvgIpc) is 3.72. The Hall–Kier alpha value is -6.26. The zero-order valence-corrected chi connectivity index (χ0v) is 36.4. The molecule has 5 heterocycles. The van der Waals surface area contributed by atoms with Crippen molar-refractivity contribution in [1.29, 1.82) is 0 Å². The van der Waals surface area contributed by atoms with E-state index in [1.807, 2.05) is 45.9 Å². The third-order valence-electron chi connectivity index (χ3n) is 13.2. The average molecular weight is 786 g/mol. The highest BCUT2D eigenvalue weighted by Crippen LogP contribution is 2.55. The lowest BCUT2D eigenvalue weighted by molar-refractivity contribution is -0.997. The van der Waals surface area contributed by atoms with Crippen molar-refractivity contribution in [2.45, 2.75) is 92.3 Å². The van der Waals surface area contributed by atoms with Gasteiger partial charge in [0.1, 0.15) is 16.8 Å². The van der Waals surface area contributed by atoms with Crippen LogP contribution in [0.4, 0.5) is 0 Å². The highest BCUT2D eigenvalue weighted by atomic mass is 16.5. The summed E-state index contributed by atoms with van der Waals surface area (Å²) in [5.74, 6) is -0.799. The van der Waals surface area contributed by atoms with Gasteiger partial charge in [0.25, 0.3) is 0 Å². The number of ether oxygens (including phenoxy) is 1. The molecule has 8 aromatic rings. The van der Waals surface area contributed by atoms with Crippen LogP contribution in [0.3, 0.4) is 0 Å². The lowest BCUT2D eigenvalue weighted by Crippen LogP contribution is -2.78. The largest absolute Gasteiger partial charge is 0.499 e. The maximum absolute atomic E-state index is 9.14. The molecule has 11 rings (SSSR count). The van der Waals surface area contributed by atoms with Crippen LogP contribution in [0.5, 0.6) is 5.75 Å². The van der Waals surface area contributed by atoms with Gasteiger partial charge in [0.2, 0.25) is 5.69 Å². The number of imidazole rings is 1. The third kappa shape index (κ3) is 4.97. The molecular weight excluding hydrogens is 731 g/mol. The second-order valence-electron chi connectivity index (χ2n) is 18.8. The first kappa shape index (κ1) is 34.6. The highest BCUT2D eigenvalue weighted by molar-refractivity contribution is 5.98. The van der Waals surface area contributed by atoms with Crippen LogP contribution in [-0.4, -0.2) is 4.57 Å². The molecule has 1 atom stereocenters. The normalized spacial score (nSPS) is 16.5. The van der Waals surface area contributed by atoms with Gasteiger partial charge in [-0.15, -0.1) is 9.13 Å². The van der Waals surface area contributed by atoms with E-state index in [2.05, 4.69) is 165 Å². The summed E-state index contributed by atoms with van der Waals surface area (Å²) in [6.07, 6.45) is 2.25. The Kier molecular flexibility index (Phi) is 7.28. The van der Waals surface area contributed by atoms with Crippen LogP contribution in [-0.2, 0) is 11.3 Å². The second-order valence-corrected chi connectivity index (χ2v) is 18.8. The molecule has 0 amide bonds. The van der Waals surface area contributed by atoms with Gasteiger partial charge in [0.05, 0.1) is 5.56 Å². The van der Waals surface area contributed by atoms with Gasteiger partial charge in [-0.3, -0.25) is 0 Å². The molecule has 0 aliphatic carbocycles. The van der Waals surface area contributed by atoms with Crippen LogP contribution in [0.1, 0.15) is 102 Å². The molecule has 2 aromatic heterocycles. The second kappa shape index (κ2) is 12.6. The Morgan fingerprint density at radius 1 is 0.650 bits per heavy atom. The fourth-order valence-corrected chi connectivity index (χ4v) is 10.4. The van der Waals surface area contributed by atoms with E-state index in [-0.39, 0.29) is 5.41 Å². The van der Waals surface area contributed by atoms with Crippen LogP contribution in [0.2, 0.25) is 0 Å². The summed E-state index contributed by atoms with van der Waals surface area (Å²) >= 11 is 0. The number of aromatic nitrogens is 3. The SMILES string of the molecule is [2H]C(C)(C)c1cccc(C([2H])(C)C)c1-c1ccc(-n2c3[n+]4c5c(cccc52)-c2cc(C(C)(C)C)cc5c2C4(Oc2c(C)cc(C)cc2-3)[n+]2ccc(-c3ccc(C)cc3)cc2-5)cc1. The van der Waals surface area contributed by atoms with E-state index in [9.17, 15) is 0 Å². The molecular formula is C56H53N3O+2. The Bertz CT molecular complexity index is 3190. The van der Waals surface area contributed by atoms with Gasteiger partial charge in [0.15, 0.2) is 23.0 Å². The van der Waals surface area contributed by atoms with Gasteiger partial charge in [-0.25, -0.2) is 0 Å². The molecule has 4 heteroatoms. The summed E-state index contributed by atoms with van der Waals surface area (Å²) in [7, 11) is 0. The standard InChI is InChI=1S/C56H53N3O/c1-32(2)42-13-11-14-43(33(3)4)50(42)38-21-23-41(24-22-38)58-48-16-12-15-44-45-30-40(55(8,9)10)31-46-49-29-39(37-19-17-34(5)18-20-37)25-26-57(49)56(51(45)46)59(52(44)48)54(58)47-28-35(6)27-36(7)53(47)60-56/h11-33H,1-10H3/q+2/i32D,33D. The molecule has 6 aromatic carbocycles. The van der Waals surface area contributed by atoms with Crippen molar-refractivity contribution in [2.75, 3.05) is 0 Å². The zero-order chi connectivity index (χ0) is 43.4. The van der Waals surface area contributed by atoms with Crippen molar-refractivity contribution < 1.29 is 16.6 Å². The quantitative estimate of drug-likeness (QED) is 0.159. The van der Waals surface area contributed by atoms with Crippen molar-refractivity contribution in [1.82, 2.24) is 4.57 Å². The van der Waals surface area contributed by atoms with Crippen LogP contribution in [0, 0.1) is 20.8 Å². The van der Waals surface area contributed by atoms with E-state index in [4.69, 9.17) is 7.48 Å². The maximum Gasteiger partial charge on any atom is 0.499 e. The minimum absolute atomic E-state index is 0.0994. The number of nitrogens with zero attached hydrogens (tertiary/aromatic N) is 3. The van der Waals surface area contributed by atoms with E-state index >= 15 is 0 Å². The predicted octanol–water partition coefficient (Wildman–Crippen LogP) is 13.2. The van der Waals surface area contributed by atoms with Gasteiger partial charge < -0.3 is 4.74 Å². The molecule has 4 nitrogen and oxygen atoms in total. The van der Waals surface area contributed by atoms with E-state index < -0.39 is 17.6 Å². The van der Waals surface area contributed by atoms with Gasteiger partial charge in [-0.05, 0) is 131 Å². The number of hydrogen-bond acceptors (Lipinski definition) is 1. The molecule has 3 aliphatic heterocycles. The number of pyridine rings is 1. The zero-order valence-electron chi connectivity index (χ0n) is 38.4. The predicted molar refractivity (Wildman–Crippen MR) is 245 cm³/mol. The summed E-state index contributed by atoms with van der Waals surface area (Å²) < 4.78 is 33.4. The van der Waals surface area contributed by atoms with Crippen LogP contribution >= 0.6 is 0 Å².